The maximum Gasteiger partial charge on any atom is 0.451 e. The number of pyridine rings is 1. The van der Waals surface area contributed by atoms with Crippen molar-refractivity contribution < 1.29 is 17.9 Å². The van der Waals surface area contributed by atoms with Gasteiger partial charge in [-0.25, -0.2) is 15.0 Å². The first-order chi connectivity index (χ1) is 7.50. The van der Waals surface area contributed by atoms with Crippen molar-refractivity contribution in [1.82, 2.24) is 15.0 Å². The summed E-state index contributed by atoms with van der Waals surface area (Å²) in [7, 11) is 1.42. The van der Waals surface area contributed by atoms with Crippen LogP contribution in [0.25, 0.3) is 11.0 Å². The lowest BCUT2D eigenvalue weighted by Gasteiger charge is -2.05. The molecule has 0 unspecified atom stereocenters. The maximum atomic E-state index is 12.3. The number of alkyl halides is 3. The van der Waals surface area contributed by atoms with Crippen molar-refractivity contribution in [2.45, 2.75) is 6.18 Å². The fourth-order valence-electron chi connectivity index (χ4n) is 1.15. The number of rotatable bonds is 1. The highest BCUT2D eigenvalue weighted by molar-refractivity contribution is 5.73. The number of halogens is 3. The van der Waals surface area contributed by atoms with Crippen LogP contribution in [0.4, 0.5) is 13.2 Å². The Hall–Kier alpha value is -1.92. The predicted octanol–water partition coefficient (Wildman–Crippen LogP) is 2.05. The van der Waals surface area contributed by atoms with Crippen LogP contribution in [0, 0.1) is 0 Å². The van der Waals surface area contributed by atoms with Gasteiger partial charge in [-0.2, -0.15) is 13.2 Å². The minimum atomic E-state index is -4.55. The zero-order valence-corrected chi connectivity index (χ0v) is 8.12. The number of methoxy groups -OCH3 is 1. The zero-order chi connectivity index (χ0) is 11.8. The maximum absolute atomic E-state index is 12.3. The molecule has 0 amide bonds. The largest absolute Gasteiger partial charge is 0.481 e. The molecule has 0 aliphatic carbocycles. The van der Waals surface area contributed by atoms with Crippen LogP contribution >= 0.6 is 0 Å². The number of ether oxygens (including phenoxy) is 1. The first-order valence-corrected chi connectivity index (χ1v) is 4.25. The Bertz CT molecular complexity index is 527. The second-order valence-electron chi connectivity index (χ2n) is 2.95. The van der Waals surface area contributed by atoms with E-state index in [1.807, 2.05) is 0 Å². The van der Waals surface area contributed by atoms with E-state index in [1.54, 1.807) is 0 Å². The summed E-state index contributed by atoms with van der Waals surface area (Å²) in [6, 6.07) is 2.84. The summed E-state index contributed by atoms with van der Waals surface area (Å²) in [6.07, 6.45) is -3.53. The molecule has 2 aromatic rings. The molecule has 0 radical (unpaired) electrons. The molecule has 2 aromatic heterocycles. The summed E-state index contributed by atoms with van der Waals surface area (Å²) >= 11 is 0. The average molecular weight is 229 g/mol. The second-order valence-corrected chi connectivity index (χ2v) is 2.95. The number of hydrogen-bond donors (Lipinski definition) is 0. The molecule has 0 saturated carbocycles. The van der Waals surface area contributed by atoms with Crippen molar-refractivity contribution >= 4 is 11.0 Å². The van der Waals surface area contributed by atoms with Crippen LogP contribution in [0.5, 0.6) is 5.88 Å². The number of aromatic nitrogens is 3. The molecular formula is C9H6F3N3O. The minimum Gasteiger partial charge on any atom is -0.481 e. The van der Waals surface area contributed by atoms with E-state index in [2.05, 4.69) is 15.0 Å². The predicted molar refractivity (Wildman–Crippen MR) is 48.9 cm³/mol. The van der Waals surface area contributed by atoms with Crippen LogP contribution in [0.2, 0.25) is 0 Å². The minimum absolute atomic E-state index is 0.128. The van der Waals surface area contributed by atoms with E-state index < -0.39 is 12.0 Å². The molecule has 0 fully saturated rings. The van der Waals surface area contributed by atoms with Gasteiger partial charge in [0.2, 0.25) is 11.7 Å². The topological polar surface area (TPSA) is 47.9 Å². The van der Waals surface area contributed by atoms with Gasteiger partial charge < -0.3 is 4.74 Å². The SMILES string of the molecule is COc1ccc2nc(C(F)(F)F)ncc2n1. The monoisotopic (exact) mass is 229 g/mol. The van der Waals surface area contributed by atoms with Gasteiger partial charge >= 0.3 is 6.18 Å². The van der Waals surface area contributed by atoms with E-state index >= 15 is 0 Å². The first-order valence-electron chi connectivity index (χ1n) is 4.25. The number of fused-ring (bicyclic) bond motifs is 1. The molecular weight excluding hydrogens is 223 g/mol. The lowest BCUT2D eigenvalue weighted by Crippen LogP contribution is -2.10. The Morgan fingerprint density at radius 2 is 1.88 bits per heavy atom. The van der Waals surface area contributed by atoms with Crippen LogP contribution in [0.1, 0.15) is 5.82 Å². The standard InChI is InChI=1S/C9H6F3N3O/c1-16-7-3-2-5-6(14-7)4-13-8(15-5)9(10,11)12/h2-4H,1H3. The third kappa shape index (κ3) is 1.88. The lowest BCUT2D eigenvalue weighted by molar-refractivity contribution is -0.144. The number of hydrogen-bond acceptors (Lipinski definition) is 4. The Balaban J connectivity index is 2.56. The highest BCUT2D eigenvalue weighted by atomic mass is 19.4. The normalized spacial score (nSPS) is 11.8. The summed E-state index contributed by atoms with van der Waals surface area (Å²) in [5, 5.41) is 0. The van der Waals surface area contributed by atoms with Gasteiger partial charge in [-0.15, -0.1) is 0 Å². The first kappa shape index (κ1) is 10.6. The van der Waals surface area contributed by atoms with E-state index in [1.165, 1.54) is 19.2 Å². The van der Waals surface area contributed by atoms with Crippen LogP contribution in [-0.2, 0) is 6.18 Å². The van der Waals surface area contributed by atoms with Crippen molar-refractivity contribution in [2.75, 3.05) is 7.11 Å². The summed E-state index contributed by atoms with van der Waals surface area (Å²) in [5.41, 5.74) is 0.385. The van der Waals surface area contributed by atoms with Gasteiger partial charge in [0.1, 0.15) is 5.52 Å². The van der Waals surface area contributed by atoms with Crippen molar-refractivity contribution in [3.8, 4) is 5.88 Å². The van der Waals surface area contributed by atoms with Gasteiger partial charge in [-0.1, -0.05) is 0 Å². The summed E-state index contributed by atoms with van der Waals surface area (Å²) in [5.74, 6) is -0.872. The summed E-state index contributed by atoms with van der Waals surface area (Å²) in [4.78, 5) is 10.5. The quantitative estimate of drug-likeness (QED) is 0.750. The van der Waals surface area contributed by atoms with E-state index in [-0.39, 0.29) is 11.0 Å². The van der Waals surface area contributed by atoms with E-state index in [4.69, 9.17) is 4.74 Å². The average Bonchev–Trinajstić information content (AvgIpc) is 2.26. The number of nitrogens with zero attached hydrogens (tertiary/aromatic N) is 3. The van der Waals surface area contributed by atoms with Gasteiger partial charge in [-0.3, -0.25) is 0 Å². The van der Waals surface area contributed by atoms with Gasteiger partial charge in [0, 0.05) is 6.07 Å². The van der Waals surface area contributed by atoms with Gasteiger partial charge in [-0.05, 0) is 6.07 Å². The summed E-state index contributed by atoms with van der Waals surface area (Å²) < 4.78 is 41.7. The molecule has 0 aliphatic heterocycles. The highest BCUT2D eigenvalue weighted by Crippen LogP contribution is 2.27. The highest BCUT2D eigenvalue weighted by Gasteiger charge is 2.34. The van der Waals surface area contributed by atoms with Crippen LogP contribution in [-0.4, -0.2) is 22.1 Å². The third-order valence-electron chi connectivity index (χ3n) is 1.88. The van der Waals surface area contributed by atoms with Gasteiger partial charge in [0.05, 0.1) is 18.8 Å². The Morgan fingerprint density at radius 3 is 2.50 bits per heavy atom. The van der Waals surface area contributed by atoms with Crippen molar-refractivity contribution in [1.29, 1.82) is 0 Å². The molecule has 0 spiro atoms. The van der Waals surface area contributed by atoms with Gasteiger partial charge in [0.25, 0.3) is 0 Å². The van der Waals surface area contributed by atoms with Crippen molar-refractivity contribution in [3.05, 3.63) is 24.2 Å². The lowest BCUT2D eigenvalue weighted by atomic mass is 10.3. The van der Waals surface area contributed by atoms with E-state index in [0.717, 1.165) is 6.20 Å². The molecule has 0 atom stereocenters. The molecule has 0 saturated heterocycles. The molecule has 0 N–H and O–H groups in total. The van der Waals surface area contributed by atoms with Gasteiger partial charge in [0.15, 0.2) is 0 Å². The zero-order valence-electron chi connectivity index (χ0n) is 8.12. The van der Waals surface area contributed by atoms with E-state index in [9.17, 15) is 13.2 Å². The molecule has 16 heavy (non-hydrogen) atoms. The van der Waals surface area contributed by atoms with Crippen molar-refractivity contribution in [3.63, 3.8) is 0 Å². The van der Waals surface area contributed by atoms with E-state index in [0.29, 0.717) is 5.88 Å². The smallest absolute Gasteiger partial charge is 0.451 e. The molecule has 2 rings (SSSR count). The summed E-state index contributed by atoms with van der Waals surface area (Å²) in [6.45, 7) is 0. The molecule has 84 valence electrons. The molecule has 4 nitrogen and oxygen atoms in total. The second kappa shape index (κ2) is 3.58. The molecule has 2 heterocycles. The van der Waals surface area contributed by atoms with Crippen LogP contribution in [0.15, 0.2) is 18.3 Å². The molecule has 7 heteroatoms. The molecule has 0 aromatic carbocycles. The Kier molecular flexibility index (Phi) is 2.37. The van der Waals surface area contributed by atoms with Crippen molar-refractivity contribution in [2.24, 2.45) is 0 Å². The Morgan fingerprint density at radius 1 is 1.12 bits per heavy atom. The Labute approximate surface area is 88.1 Å². The van der Waals surface area contributed by atoms with Crippen LogP contribution in [0.3, 0.4) is 0 Å². The third-order valence-corrected chi connectivity index (χ3v) is 1.88. The fourth-order valence-corrected chi connectivity index (χ4v) is 1.15. The molecule has 0 aliphatic rings. The fraction of sp³-hybridized carbons (Fsp3) is 0.222. The molecule has 0 bridgehead atoms. The van der Waals surface area contributed by atoms with Crippen LogP contribution < -0.4 is 4.74 Å².